The molecular weight excluding hydrogens is 384 g/mol. The topological polar surface area (TPSA) is 58.4 Å². The van der Waals surface area contributed by atoms with Gasteiger partial charge in [-0.3, -0.25) is 9.58 Å². The summed E-state index contributed by atoms with van der Waals surface area (Å²) in [4.78, 5) is 2.24. The van der Waals surface area contributed by atoms with Crippen molar-refractivity contribution in [2.45, 2.75) is 19.9 Å². The molecule has 8 heteroatoms. The molecule has 1 aromatic carbocycles. The minimum Gasteiger partial charge on any atom is -0.298 e. The lowest BCUT2D eigenvalue weighted by Crippen LogP contribution is -2.34. The van der Waals surface area contributed by atoms with Crippen molar-refractivity contribution in [1.29, 1.82) is 0 Å². The van der Waals surface area contributed by atoms with Gasteiger partial charge in [-0.2, -0.15) is 9.40 Å². The maximum absolute atomic E-state index is 12.7. The van der Waals surface area contributed by atoms with Gasteiger partial charge in [0.25, 0.3) is 0 Å². The van der Waals surface area contributed by atoms with Gasteiger partial charge in [-0.1, -0.05) is 41.9 Å². The van der Waals surface area contributed by atoms with E-state index in [1.54, 1.807) is 15.1 Å². The number of nitrogens with zero attached hydrogens (tertiary/aromatic N) is 4. The summed E-state index contributed by atoms with van der Waals surface area (Å²) >= 11 is 6.33. The van der Waals surface area contributed by atoms with Gasteiger partial charge >= 0.3 is 0 Å². The second kappa shape index (κ2) is 8.56. The highest BCUT2D eigenvalue weighted by Gasteiger charge is 2.24. The summed E-state index contributed by atoms with van der Waals surface area (Å²) in [5, 5.41) is 6.30. The van der Waals surface area contributed by atoms with Gasteiger partial charge in [-0.25, -0.2) is 8.42 Å². The molecule has 0 unspecified atom stereocenters. The van der Waals surface area contributed by atoms with Crippen molar-refractivity contribution in [2.24, 2.45) is 7.05 Å². The molecule has 1 aliphatic heterocycles. The summed E-state index contributed by atoms with van der Waals surface area (Å²) < 4.78 is 28.6. The average Bonchev–Trinajstić information content (AvgIpc) is 2.84. The van der Waals surface area contributed by atoms with E-state index < -0.39 is 10.0 Å². The third-order valence-corrected chi connectivity index (χ3v) is 6.83. The minimum atomic E-state index is -3.43. The van der Waals surface area contributed by atoms with E-state index in [0.717, 1.165) is 29.8 Å². The number of rotatable bonds is 5. The van der Waals surface area contributed by atoms with Crippen molar-refractivity contribution >= 4 is 27.7 Å². The molecule has 0 bridgehead atoms. The largest absolute Gasteiger partial charge is 0.298 e. The summed E-state index contributed by atoms with van der Waals surface area (Å²) in [6.07, 6.45) is 2.44. The second-order valence-electron chi connectivity index (χ2n) is 6.77. The molecule has 0 N–H and O–H groups in total. The third kappa shape index (κ3) is 4.99. The molecule has 0 spiro atoms. The molecule has 146 valence electrons. The fourth-order valence-corrected chi connectivity index (χ4v) is 4.71. The Kier molecular flexibility index (Phi) is 6.37. The van der Waals surface area contributed by atoms with Crippen LogP contribution in [0.25, 0.3) is 6.08 Å². The van der Waals surface area contributed by atoms with E-state index in [9.17, 15) is 8.42 Å². The maximum atomic E-state index is 12.7. The lowest BCUT2D eigenvalue weighted by atomic mass is 10.2. The SMILES string of the molecule is Cc1nn(C)c(Cl)c1CN1CCCN(S(=O)(=O)/C=C/c2ccccc2)CC1. The van der Waals surface area contributed by atoms with Crippen LogP contribution in [0.4, 0.5) is 0 Å². The van der Waals surface area contributed by atoms with Crippen LogP contribution in [0.1, 0.15) is 23.2 Å². The second-order valence-corrected chi connectivity index (χ2v) is 8.94. The van der Waals surface area contributed by atoms with Gasteiger partial charge < -0.3 is 0 Å². The Morgan fingerprint density at radius 2 is 1.89 bits per heavy atom. The molecule has 1 fully saturated rings. The van der Waals surface area contributed by atoms with Crippen LogP contribution in [-0.4, -0.2) is 53.6 Å². The zero-order valence-corrected chi connectivity index (χ0v) is 17.2. The summed E-state index contributed by atoms with van der Waals surface area (Å²) in [5.74, 6) is 0. The van der Waals surface area contributed by atoms with Gasteiger partial charge in [0.15, 0.2) is 0 Å². The van der Waals surface area contributed by atoms with Gasteiger partial charge in [0.2, 0.25) is 10.0 Å². The molecule has 1 aliphatic rings. The molecule has 3 rings (SSSR count). The van der Waals surface area contributed by atoms with E-state index in [1.807, 2.05) is 44.3 Å². The molecular formula is C19H25ClN4O2S. The first-order valence-corrected chi connectivity index (χ1v) is 10.9. The Morgan fingerprint density at radius 1 is 1.15 bits per heavy atom. The standard InChI is InChI=1S/C19H25ClN4O2S/c1-16-18(19(20)22(2)21-16)15-23-10-6-11-24(13-12-23)27(25,26)14-9-17-7-4-3-5-8-17/h3-5,7-9,14H,6,10-13,15H2,1-2H3/b14-9+. The smallest absolute Gasteiger partial charge is 0.236 e. The Balaban J connectivity index is 1.64. The van der Waals surface area contributed by atoms with Gasteiger partial charge in [0, 0.05) is 44.2 Å². The van der Waals surface area contributed by atoms with Gasteiger partial charge in [0.1, 0.15) is 5.15 Å². The average molecular weight is 409 g/mol. The van der Waals surface area contributed by atoms with Crippen LogP contribution in [0.3, 0.4) is 0 Å². The Bertz CT molecular complexity index is 909. The molecule has 0 radical (unpaired) electrons. The Hall–Kier alpha value is -1.67. The highest BCUT2D eigenvalue weighted by Crippen LogP contribution is 2.21. The monoisotopic (exact) mass is 408 g/mol. The normalized spacial score (nSPS) is 17.4. The fraction of sp³-hybridized carbons (Fsp3) is 0.421. The molecule has 0 atom stereocenters. The van der Waals surface area contributed by atoms with Crippen LogP contribution >= 0.6 is 11.6 Å². The molecule has 2 aromatic rings. The summed E-state index contributed by atoms with van der Waals surface area (Å²) in [6.45, 7) is 5.13. The van der Waals surface area contributed by atoms with E-state index in [4.69, 9.17) is 11.6 Å². The lowest BCUT2D eigenvalue weighted by molar-refractivity contribution is 0.278. The number of hydrogen-bond donors (Lipinski definition) is 0. The predicted octanol–water partition coefficient (Wildman–Crippen LogP) is 2.89. The van der Waals surface area contributed by atoms with Crippen molar-refractivity contribution in [1.82, 2.24) is 19.0 Å². The fourth-order valence-electron chi connectivity index (χ4n) is 3.25. The summed E-state index contributed by atoms with van der Waals surface area (Å²) in [7, 11) is -1.60. The van der Waals surface area contributed by atoms with Crippen LogP contribution in [-0.2, 0) is 23.6 Å². The number of hydrogen-bond acceptors (Lipinski definition) is 4. The van der Waals surface area contributed by atoms with Crippen LogP contribution in [0.5, 0.6) is 0 Å². The predicted molar refractivity (Wildman–Crippen MR) is 109 cm³/mol. The van der Waals surface area contributed by atoms with Crippen LogP contribution in [0.15, 0.2) is 35.7 Å². The van der Waals surface area contributed by atoms with Crippen LogP contribution in [0, 0.1) is 6.92 Å². The molecule has 27 heavy (non-hydrogen) atoms. The van der Waals surface area contributed by atoms with Crippen molar-refractivity contribution in [3.8, 4) is 0 Å². The lowest BCUT2D eigenvalue weighted by Gasteiger charge is -2.20. The number of benzene rings is 1. The number of aryl methyl sites for hydroxylation is 2. The molecule has 6 nitrogen and oxygen atoms in total. The van der Waals surface area contributed by atoms with Crippen LogP contribution < -0.4 is 0 Å². The number of sulfonamides is 1. The summed E-state index contributed by atoms with van der Waals surface area (Å²) in [5.41, 5.74) is 2.81. The number of halogens is 1. The highest BCUT2D eigenvalue weighted by molar-refractivity contribution is 7.92. The van der Waals surface area contributed by atoms with Crippen LogP contribution in [0.2, 0.25) is 5.15 Å². The van der Waals surface area contributed by atoms with E-state index in [1.165, 1.54) is 5.41 Å². The molecule has 0 saturated carbocycles. The highest BCUT2D eigenvalue weighted by atomic mass is 35.5. The third-order valence-electron chi connectivity index (χ3n) is 4.79. The van der Waals surface area contributed by atoms with Gasteiger partial charge in [-0.15, -0.1) is 0 Å². The van der Waals surface area contributed by atoms with Gasteiger partial charge in [-0.05, 0) is 31.5 Å². The van der Waals surface area contributed by atoms with E-state index in [0.29, 0.717) is 31.3 Å². The zero-order valence-electron chi connectivity index (χ0n) is 15.7. The molecule has 1 aromatic heterocycles. The first kappa shape index (κ1) is 20.1. The van der Waals surface area contributed by atoms with Crippen molar-refractivity contribution in [3.63, 3.8) is 0 Å². The maximum Gasteiger partial charge on any atom is 0.236 e. The Morgan fingerprint density at radius 3 is 2.56 bits per heavy atom. The van der Waals surface area contributed by atoms with E-state index in [2.05, 4.69) is 10.00 Å². The Labute approximate surface area is 166 Å². The molecule has 0 aliphatic carbocycles. The van der Waals surface area contributed by atoms with Crippen molar-refractivity contribution in [3.05, 3.63) is 57.7 Å². The van der Waals surface area contributed by atoms with E-state index in [-0.39, 0.29) is 0 Å². The molecule has 0 amide bonds. The first-order chi connectivity index (χ1) is 12.9. The van der Waals surface area contributed by atoms with Crippen molar-refractivity contribution < 1.29 is 8.42 Å². The van der Waals surface area contributed by atoms with Crippen molar-refractivity contribution in [2.75, 3.05) is 26.2 Å². The summed E-state index contributed by atoms with van der Waals surface area (Å²) in [6, 6.07) is 9.46. The molecule has 1 saturated heterocycles. The van der Waals surface area contributed by atoms with Gasteiger partial charge in [0.05, 0.1) is 5.69 Å². The minimum absolute atomic E-state index is 0.471. The number of aromatic nitrogens is 2. The van der Waals surface area contributed by atoms with E-state index >= 15 is 0 Å². The quantitative estimate of drug-likeness (QED) is 0.763. The molecule has 2 heterocycles. The zero-order chi connectivity index (χ0) is 19.4. The first-order valence-electron chi connectivity index (χ1n) is 9.00.